The fourth-order valence-corrected chi connectivity index (χ4v) is 9.24. The number of benzene rings is 9. The van der Waals surface area contributed by atoms with Crippen molar-refractivity contribution >= 4 is 38.6 Å². The van der Waals surface area contributed by atoms with Crippen LogP contribution in [0, 0.1) is 0 Å². The van der Waals surface area contributed by atoms with E-state index in [1.165, 1.54) is 94.2 Å². The zero-order chi connectivity index (χ0) is 34.2. The van der Waals surface area contributed by atoms with Gasteiger partial charge >= 0.3 is 0 Å². The van der Waals surface area contributed by atoms with Crippen LogP contribution in [0.2, 0.25) is 0 Å². The Hall–Kier alpha value is -6.70. The van der Waals surface area contributed by atoms with E-state index in [1.54, 1.807) is 0 Å². The van der Waals surface area contributed by atoms with Crippen LogP contribution in [0.15, 0.2) is 200 Å². The summed E-state index contributed by atoms with van der Waals surface area (Å²) in [6, 6.07) is 74.2. The molecule has 1 nitrogen and oxygen atoms in total. The predicted molar refractivity (Wildman–Crippen MR) is 218 cm³/mol. The van der Waals surface area contributed by atoms with Gasteiger partial charge in [0, 0.05) is 10.8 Å². The topological polar surface area (TPSA) is 3.24 Å². The molecule has 0 saturated carbocycles. The molecule has 242 valence electrons. The first-order chi connectivity index (χ1) is 25.8. The van der Waals surface area contributed by atoms with Crippen LogP contribution in [0.1, 0.15) is 22.3 Å². The molecule has 52 heavy (non-hydrogen) atoms. The van der Waals surface area contributed by atoms with E-state index in [9.17, 15) is 0 Å². The monoisotopic (exact) mass is 659 g/mol. The van der Waals surface area contributed by atoms with Gasteiger partial charge in [0.05, 0.1) is 22.5 Å². The molecule has 0 saturated heterocycles. The summed E-state index contributed by atoms with van der Waals surface area (Å²) in [4.78, 5) is 2.56. The van der Waals surface area contributed by atoms with Gasteiger partial charge in [0.15, 0.2) is 0 Å². The number of hydrogen-bond donors (Lipinski definition) is 0. The van der Waals surface area contributed by atoms with Crippen LogP contribution in [0.25, 0.3) is 54.9 Å². The Morgan fingerprint density at radius 2 is 0.731 bits per heavy atom. The molecule has 2 aliphatic rings. The second-order valence-corrected chi connectivity index (χ2v) is 14.0. The summed E-state index contributed by atoms with van der Waals surface area (Å²) in [6.45, 7) is 0. The third-order valence-electron chi connectivity index (χ3n) is 11.4. The Morgan fingerprint density at radius 1 is 0.308 bits per heavy atom. The van der Waals surface area contributed by atoms with Crippen LogP contribution in [-0.2, 0) is 5.41 Å². The lowest BCUT2D eigenvalue weighted by Crippen LogP contribution is -2.36. The van der Waals surface area contributed by atoms with Gasteiger partial charge in [-0.1, -0.05) is 170 Å². The van der Waals surface area contributed by atoms with Gasteiger partial charge in [-0.15, -0.1) is 0 Å². The molecule has 0 radical (unpaired) electrons. The molecule has 0 amide bonds. The van der Waals surface area contributed by atoms with E-state index < -0.39 is 5.41 Å². The maximum absolute atomic E-state index is 2.56. The number of hydrogen-bond acceptors (Lipinski definition) is 1. The maximum atomic E-state index is 2.56. The van der Waals surface area contributed by atoms with E-state index in [-0.39, 0.29) is 0 Å². The largest absolute Gasteiger partial charge is 0.309 e. The zero-order valence-electron chi connectivity index (χ0n) is 28.5. The standard InChI is InChI=1S/C51H33N/c1-3-15-34(16-4-1)36-27-29-42-43-30-28-37(35-17-5-2-6-18-35)33-47(43)51(46(42)32-36)44-23-11-13-25-48(44)52(49-26-14-12-24-45(49)51)50-40-21-9-7-19-38(40)31-39-20-8-10-22-41(39)50/h1-33H. The van der Waals surface area contributed by atoms with E-state index in [2.05, 4.69) is 205 Å². The minimum Gasteiger partial charge on any atom is -0.309 e. The number of rotatable bonds is 3. The molecule has 0 fully saturated rings. The zero-order valence-corrected chi connectivity index (χ0v) is 28.5. The van der Waals surface area contributed by atoms with Crippen LogP contribution >= 0.6 is 0 Å². The number of para-hydroxylation sites is 2. The minimum absolute atomic E-state index is 0.551. The summed E-state index contributed by atoms with van der Waals surface area (Å²) >= 11 is 0. The summed E-state index contributed by atoms with van der Waals surface area (Å²) in [6.07, 6.45) is 0. The Bertz CT molecular complexity index is 2660. The van der Waals surface area contributed by atoms with Gasteiger partial charge in [-0.05, 0) is 96.7 Å². The molecule has 1 heteroatoms. The van der Waals surface area contributed by atoms with Gasteiger partial charge < -0.3 is 4.90 Å². The molecule has 0 unspecified atom stereocenters. The molecular weight excluding hydrogens is 627 g/mol. The van der Waals surface area contributed by atoms with Crippen LogP contribution in [0.3, 0.4) is 0 Å². The van der Waals surface area contributed by atoms with Gasteiger partial charge in [-0.3, -0.25) is 0 Å². The maximum Gasteiger partial charge on any atom is 0.0754 e. The SMILES string of the molecule is c1ccc(-c2ccc3c(c2)C2(c4cc(-c5ccccc5)ccc4-3)c3ccccc3N(c3c4ccccc4cc4ccccc34)c3ccccc32)cc1. The molecule has 0 N–H and O–H groups in total. The summed E-state index contributed by atoms with van der Waals surface area (Å²) < 4.78 is 0. The van der Waals surface area contributed by atoms with Gasteiger partial charge in [0.25, 0.3) is 0 Å². The minimum atomic E-state index is -0.551. The van der Waals surface area contributed by atoms with E-state index in [0.29, 0.717) is 0 Å². The number of fused-ring (bicyclic) bond motifs is 11. The van der Waals surface area contributed by atoms with Crippen LogP contribution in [-0.4, -0.2) is 0 Å². The van der Waals surface area contributed by atoms with Crippen molar-refractivity contribution in [3.63, 3.8) is 0 Å². The first kappa shape index (κ1) is 29.1. The fraction of sp³-hybridized carbons (Fsp3) is 0.0196. The highest BCUT2D eigenvalue weighted by molar-refractivity contribution is 6.15. The molecule has 9 aromatic rings. The van der Waals surface area contributed by atoms with Crippen molar-refractivity contribution in [1.82, 2.24) is 0 Å². The van der Waals surface area contributed by atoms with Crippen molar-refractivity contribution in [3.8, 4) is 33.4 Å². The molecule has 0 bridgehead atoms. The highest BCUT2D eigenvalue weighted by Crippen LogP contribution is 2.64. The van der Waals surface area contributed by atoms with E-state index >= 15 is 0 Å². The van der Waals surface area contributed by atoms with E-state index in [0.717, 1.165) is 0 Å². The summed E-state index contributed by atoms with van der Waals surface area (Å²) in [7, 11) is 0. The van der Waals surface area contributed by atoms with Crippen molar-refractivity contribution < 1.29 is 0 Å². The molecule has 0 aromatic heterocycles. The molecule has 11 rings (SSSR count). The molecule has 1 aliphatic carbocycles. The number of anilines is 3. The van der Waals surface area contributed by atoms with Crippen molar-refractivity contribution in [2.24, 2.45) is 0 Å². The average Bonchev–Trinajstić information content (AvgIpc) is 3.50. The molecule has 1 aliphatic heterocycles. The second kappa shape index (κ2) is 11.2. The van der Waals surface area contributed by atoms with Crippen molar-refractivity contribution in [2.45, 2.75) is 5.41 Å². The molecular formula is C51H33N. The fourth-order valence-electron chi connectivity index (χ4n) is 9.24. The van der Waals surface area contributed by atoms with Crippen molar-refractivity contribution in [1.29, 1.82) is 0 Å². The van der Waals surface area contributed by atoms with Crippen molar-refractivity contribution in [3.05, 3.63) is 222 Å². The van der Waals surface area contributed by atoms with Crippen LogP contribution in [0.4, 0.5) is 17.1 Å². The second-order valence-electron chi connectivity index (χ2n) is 14.0. The lowest BCUT2D eigenvalue weighted by Gasteiger charge is -2.45. The van der Waals surface area contributed by atoms with Crippen LogP contribution in [0.5, 0.6) is 0 Å². The third kappa shape index (κ3) is 3.99. The average molecular weight is 660 g/mol. The molecule has 1 spiro atoms. The number of nitrogens with zero attached hydrogens (tertiary/aromatic N) is 1. The highest BCUT2D eigenvalue weighted by Gasteiger charge is 2.52. The van der Waals surface area contributed by atoms with Gasteiger partial charge in [0.1, 0.15) is 0 Å². The van der Waals surface area contributed by atoms with E-state index in [1.807, 2.05) is 0 Å². The Labute approximate surface area is 303 Å². The summed E-state index contributed by atoms with van der Waals surface area (Å²) in [5, 5.41) is 4.96. The lowest BCUT2D eigenvalue weighted by atomic mass is 9.64. The first-order valence-electron chi connectivity index (χ1n) is 18.1. The Kier molecular flexibility index (Phi) is 6.23. The van der Waals surface area contributed by atoms with Crippen LogP contribution < -0.4 is 4.90 Å². The summed E-state index contributed by atoms with van der Waals surface area (Å²) in [5.74, 6) is 0. The predicted octanol–water partition coefficient (Wildman–Crippen LogP) is 13.5. The normalized spacial score (nSPS) is 13.5. The Morgan fingerprint density at radius 3 is 1.23 bits per heavy atom. The molecule has 0 atom stereocenters. The van der Waals surface area contributed by atoms with Crippen molar-refractivity contribution in [2.75, 3.05) is 4.90 Å². The molecule has 1 heterocycles. The summed E-state index contributed by atoms with van der Waals surface area (Å²) in [5.41, 5.74) is 15.8. The highest BCUT2D eigenvalue weighted by atomic mass is 15.2. The van der Waals surface area contributed by atoms with Gasteiger partial charge in [-0.2, -0.15) is 0 Å². The molecule has 9 aromatic carbocycles. The first-order valence-corrected chi connectivity index (χ1v) is 18.1. The van der Waals surface area contributed by atoms with Gasteiger partial charge in [-0.25, -0.2) is 0 Å². The smallest absolute Gasteiger partial charge is 0.0754 e. The van der Waals surface area contributed by atoms with Gasteiger partial charge in [0.2, 0.25) is 0 Å². The Balaban J connectivity index is 1.28. The quantitative estimate of drug-likeness (QED) is 0.171. The third-order valence-corrected chi connectivity index (χ3v) is 11.4. The van der Waals surface area contributed by atoms with E-state index in [4.69, 9.17) is 0 Å². The lowest BCUT2D eigenvalue weighted by molar-refractivity contribution is 0.753.